The van der Waals surface area contributed by atoms with Crippen molar-refractivity contribution in [1.29, 1.82) is 0 Å². The number of nitrogens with zero attached hydrogens (tertiary/aromatic N) is 3. The van der Waals surface area contributed by atoms with Gasteiger partial charge < -0.3 is 9.97 Å². The van der Waals surface area contributed by atoms with Crippen LogP contribution in [0.4, 0.5) is 0 Å². The molecule has 0 aliphatic heterocycles. The van der Waals surface area contributed by atoms with Gasteiger partial charge in [-0.15, -0.1) is 52.4 Å². The van der Waals surface area contributed by atoms with Crippen LogP contribution in [-0.2, 0) is 25.5 Å². The number of hydrogen-bond acceptors (Lipinski definition) is 4. The largest absolute Gasteiger partial charge is 3.00 e. The average Bonchev–Trinajstić information content (AvgIpc) is 3.73. The Balaban J connectivity index is 0.000000213. The quantitative estimate of drug-likeness (QED) is 0.169. The number of rotatable bonds is 4. The van der Waals surface area contributed by atoms with Gasteiger partial charge in [0, 0.05) is 18.1 Å². The van der Waals surface area contributed by atoms with Crippen LogP contribution in [0.1, 0.15) is 22.5 Å². The first-order chi connectivity index (χ1) is 20.9. The van der Waals surface area contributed by atoms with Crippen molar-refractivity contribution < 1.29 is 20.1 Å². The summed E-state index contributed by atoms with van der Waals surface area (Å²) in [5.74, 6) is 0. The van der Waals surface area contributed by atoms with Crippen LogP contribution in [0.2, 0.25) is 0 Å². The SMILES string of the molecule is [Ir+3].[c-]1ccccc1-c1ccccn1.[c-]1ccsc1-c1cccc([C@]2(c3ccccn3)c3[c-]cccc3-c3ccccc32)n1. The van der Waals surface area contributed by atoms with E-state index in [2.05, 4.69) is 83.8 Å². The van der Waals surface area contributed by atoms with Gasteiger partial charge in [0.05, 0.1) is 11.1 Å². The summed E-state index contributed by atoms with van der Waals surface area (Å²) in [7, 11) is 0. The molecular formula is C38H24IrN3S. The minimum absolute atomic E-state index is 0. The maximum atomic E-state index is 5.16. The zero-order valence-corrected chi connectivity index (χ0v) is 26.2. The smallest absolute Gasteiger partial charge is 0.314 e. The molecule has 0 amide bonds. The first kappa shape index (κ1) is 28.6. The first-order valence-electron chi connectivity index (χ1n) is 13.7. The third-order valence-corrected chi connectivity index (χ3v) is 8.22. The van der Waals surface area contributed by atoms with Crippen molar-refractivity contribution in [3.63, 3.8) is 0 Å². The van der Waals surface area contributed by atoms with Gasteiger partial charge in [-0.25, -0.2) is 11.3 Å². The Bertz CT molecular complexity index is 1840. The molecule has 0 spiro atoms. The predicted molar refractivity (Wildman–Crippen MR) is 169 cm³/mol. The fourth-order valence-electron chi connectivity index (χ4n) is 5.62. The molecule has 0 saturated heterocycles. The van der Waals surface area contributed by atoms with Crippen LogP contribution in [0, 0.1) is 18.2 Å². The third-order valence-electron chi connectivity index (χ3n) is 7.39. The average molecular weight is 747 g/mol. The van der Waals surface area contributed by atoms with Crippen LogP contribution in [0.5, 0.6) is 0 Å². The minimum Gasteiger partial charge on any atom is -0.314 e. The van der Waals surface area contributed by atoms with Crippen molar-refractivity contribution in [2.45, 2.75) is 5.41 Å². The molecule has 0 fully saturated rings. The van der Waals surface area contributed by atoms with E-state index < -0.39 is 5.41 Å². The summed E-state index contributed by atoms with van der Waals surface area (Å²) in [6, 6.07) is 52.7. The number of pyridine rings is 3. The minimum atomic E-state index is -0.609. The van der Waals surface area contributed by atoms with E-state index in [1.54, 1.807) is 17.5 Å². The molecule has 5 heteroatoms. The van der Waals surface area contributed by atoms with Crippen molar-refractivity contribution in [3.05, 3.63) is 186 Å². The summed E-state index contributed by atoms with van der Waals surface area (Å²) in [5.41, 5.74) is 8.94. The standard InChI is InChI=1S/C27H16N2S.C11H8N.Ir/c1-3-11-21-19(9-1)20-10-2-4-12-22(20)27(21,25-15-5-6-17-28-25)26-16-7-13-23(29-26)24-14-8-18-30-24;1-2-6-10(7-3-1)11-8-4-5-9-12-11;/h1-11,13,15-18H;1-6,8-9H;/q-2;-1;+3/t27-;;/m0../s1. The van der Waals surface area contributed by atoms with Crippen LogP contribution < -0.4 is 0 Å². The Hall–Kier alpha value is -4.54. The van der Waals surface area contributed by atoms with Gasteiger partial charge in [-0.3, -0.25) is 4.98 Å². The number of aromatic nitrogens is 3. The molecule has 43 heavy (non-hydrogen) atoms. The summed E-state index contributed by atoms with van der Waals surface area (Å²) in [4.78, 5) is 15.3. The van der Waals surface area contributed by atoms with E-state index in [0.717, 1.165) is 38.8 Å². The van der Waals surface area contributed by atoms with E-state index in [1.807, 2.05) is 78.3 Å². The van der Waals surface area contributed by atoms with Crippen LogP contribution in [0.15, 0.2) is 145 Å². The molecule has 0 N–H and O–H groups in total. The maximum absolute atomic E-state index is 5.16. The van der Waals surface area contributed by atoms with Gasteiger partial charge >= 0.3 is 20.1 Å². The number of thiophene rings is 1. The monoisotopic (exact) mass is 747 g/mol. The van der Waals surface area contributed by atoms with E-state index in [-0.39, 0.29) is 20.1 Å². The second kappa shape index (κ2) is 12.8. The summed E-state index contributed by atoms with van der Waals surface area (Å²) in [6.45, 7) is 0. The first-order valence-corrected chi connectivity index (χ1v) is 14.6. The second-order valence-corrected chi connectivity index (χ2v) is 10.7. The van der Waals surface area contributed by atoms with Crippen LogP contribution in [-0.4, -0.2) is 15.0 Å². The van der Waals surface area contributed by atoms with Crippen molar-refractivity contribution in [2.24, 2.45) is 0 Å². The molecule has 7 aromatic rings. The summed E-state index contributed by atoms with van der Waals surface area (Å²) >= 11 is 1.65. The van der Waals surface area contributed by atoms with E-state index >= 15 is 0 Å². The van der Waals surface area contributed by atoms with Crippen molar-refractivity contribution in [2.75, 3.05) is 0 Å². The van der Waals surface area contributed by atoms with E-state index in [9.17, 15) is 0 Å². The maximum Gasteiger partial charge on any atom is 3.00 e. The Morgan fingerprint density at radius 2 is 1.30 bits per heavy atom. The Morgan fingerprint density at radius 3 is 2.07 bits per heavy atom. The van der Waals surface area contributed by atoms with Crippen molar-refractivity contribution in [3.8, 4) is 33.0 Å². The molecule has 8 rings (SSSR count). The number of benzene rings is 3. The molecule has 3 nitrogen and oxygen atoms in total. The van der Waals surface area contributed by atoms with Crippen molar-refractivity contribution in [1.82, 2.24) is 15.0 Å². The number of fused-ring (bicyclic) bond motifs is 3. The Kier molecular flexibility index (Phi) is 8.48. The van der Waals surface area contributed by atoms with Crippen LogP contribution in [0.3, 0.4) is 0 Å². The second-order valence-electron chi connectivity index (χ2n) is 9.76. The van der Waals surface area contributed by atoms with Crippen LogP contribution in [0.25, 0.3) is 33.0 Å². The van der Waals surface area contributed by atoms with Crippen LogP contribution >= 0.6 is 11.3 Å². The zero-order valence-electron chi connectivity index (χ0n) is 22.9. The Labute approximate surface area is 269 Å². The summed E-state index contributed by atoms with van der Waals surface area (Å²) in [5, 5.41) is 2.03. The van der Waals surface area contributed by atoms with Gasteiger partial charge in [0.15, 0.2) is 0 Å². The fourth-order valence-corrected chi connectivity index (χ4v) is 6.27. The predicted octanol–water partition coefficient (Wildman–Crippen LogP) is 8.71. The third kappa shape index (κ3) is 5.28. The molecule has 4 aromatic heterocycles. The molecule has 1 aliphatic rings. The fraction of sp³-hybridized carbons (Fsp3) is 0.0263. The molecule has 0 saturated carbocycles. The van der Waals surface area contributed by atoms with E-state index in [0.29, 0.717) is 0 Å². The number of hydrogen-bond donors (Lipinski definition) is 0. The van der Waals surface area contributed by atoms with Gasteiger partial charge in [-0.1, -0.05) is 65.0 Å². The zero-order chi connectivity index (χ0) is 28.2. The van der Waals surface area contributed by atoms with E-state index in [4.69, 9.17) is 9.97 Å². The van der Waals surface area contributed by atoms with E-state index in [1.165, 1.54) is 16.7 Å². The molecule has 0 radical (unpaired) electrons. The topological polar surface area (TPSA) is 38.7 Å². The molecule has 0 bridgehead atoms. The van der Waals surface area contributed by atoms with Gasteiger partial charge in [-0.05, 0) is 41.2 Å². The van der Waals surface area contributed by atoms with Crippen molar-refractivity contribution >= 4 is 11.3 Å². The summed E-state index contributed by atoms with van der Waals surface area (Å²) in [6.07, 6.45) is 3.65. The normalized spacial score (nSPS) is 14.4. The van der Waals surface area contributed by atoms with Gasteiger partial charge in [0.2, 0.25) is 0 Å². The molecule has 1 atom stereocenters. The molecule has 0 unspecified atom stereocenters. The van der Waals surface area contributed by atoms with Gasteiger partial charge in [-0.2, -0.15) is 36.4 Å². The molecular weight excluding hydrogens is 723 g/mol. The molecule has 3 aromatic carbocycles. The summed E-state index contributed by atoms with van der Waals surface area (Å²) < 4.78 is 0. The van der Waals surface area contributed by atoms with Gasteiger partial charge in [0.1, 0.15) is 0 Å². The molecule has 4 heterocycles. The molecule has 1 aliphatic carbocycles. The molecule has 206 valence electrons. The Morgan fingerprint density at radius 1 is 0.558 bits per heavy atom. The van der Waals surface area contributed by atoms with Gasteiger partial charge in [0.25, 0.3) is 0 Å².